The molecular weight excluding hydrogens is 266 g/mol. The van der Waals surface area contributed by atoms with Crippen molar-refractivity contribution in [3.05, 3.63) is 23.4 Å². The first kappa shape index (κ1) is 13.7. The average molecular weight is 281 g/mol. The number of carbonyl (C=O) groups is 1. The highest BCUT2D eigenvalue weighted by Crippen LogP contribution is 2.23. The van der Waals surface area contributed by atoms with Crippen molar-refractivity contribution < 1.29 is 13.9 Å². The highest BCUT2D eigenvalue weighted by Gasteiger charge is 2.10. The highest BCUT2D eigenvalue weighted by molar-refractivity contribution is 7.13. The minimum absolute atomic E-state index is 0.0482. The van der Waals surface area contributed by atoms with Crippen molar-refractivity contribution in [3.8, 4) is 10.8 Å². The SMILES string of the molecule is COCCNC(=O)CCc1nnc(-c2cccs2)o1. The van der Waals surface area contributed by atoms with Gasteiger partial charge in [0, 0.05) is 26.5 Å². The lowest BCUT2D eigenvalue weighted by Crippen LogP contribution is -2.27. The van der Waals surface area contributed by atoms with Gasteiger partial charge in [0.2, 0.25) is 11.8 Å². The molecule has 0 aliphatic carbocycles. The van der Waals surface area contributed by atoms with Crippen molar-refractivity contribution in [1.29, 1.82) is 0 Å². The lowest BCUT2D eigenvalue weighted by Gasteiger charge is -2.02. The lowest BCUT2D eigenvalue weighted by molar-refractivity contribution is -0.121. The molecule has 7 heteroatoms. The number of aryl methyl sites for hydroxylation is 1. The normalized spacial score (nSPS) is 10.6. The molecule has 6 nitrogen and oxygen atoms in total. The maximum Gasteiger partial charge on any atom is 0.257 e. The highest BCUT2D eigenvalue weighted by atomic mass is 32.1. The lowest BCUT2D eigenvalue weighted by atomic mass is 10.3. The fourth-order valence-corrected chi connectivity index (χ4v) is 2.10. The first-order valence-corrected chi connectivity index (χ1v) is 6.79. The summed E-state index contributed by atoms with van der Waals surface area (Å²) in [5.41, 5.74) is 0. The van der Waals surface area contributed by atoms with Crippen LogP contribution in [0.25, 0.3) is 10.8 Å². The molecule has 0 atom stereocenters. The van der Waals surface area contributed by atoms with Gasteiger partial charge in [-0.2, -0.15) is 0 Å². The molecule has 0 aliphatic rings. The number of amides is 1. The van der Waals surface area contributed by atoms with E-state index >= 15 is 0 Å². The Labute approximate surface area is 114 Å². The summed E-state index contributed by atoms with van der Waals surface area (Å²) >= 11 is 1.54. The molecule has 0 saturated carbocycles. The quantitative estimate of drug-likeness (QED) is 0.778. The Kier molecular flexibility index (Phi) is 5.05. The standard InChI is InChI=1S/C12H15N3O3S/c1-17-7-6-13-10(16)4-5-11-14-15-12(18-11)9-3-2-8-19-9/h2-3,8H,4-7H2,1H3,(H,13,16). The number of rotatable bonds is 7. The van der Waals surface area contributed by atoms with Gasteiger partial charge < -0.3 is 14.5 Å². The van der Waals surface area contributed by atoms with Gasteiger partial charge in [0.25, 0.3) is 5.89 Å². The van der Waals surface area contributed by atoms with Crippen LogP contribution in [-0.4, -0.2) is 36.4 Å². The molecule has 0 aromatic carbocycles. The number of ether oxygens (including phenoxy) is 1. The number of thiophene rings is 1. The zero-order chi connectivity index (χ0) is 13.5. The van der Waals surface area contributed by atoms with Crippen LogP contribution in [0.4, 0.5) is 0 Å². The molecule has 0 aliphatic heterocycles. The predicted molar refractivity (Wildman–Crippen MR) is 70.8 cm³/mol. The van der Waals surface area contributed by atoms with E-state index < -0.39 is 0 Å². The van der Waals surface area contributed by atoms with E-state index in [1.54, 1.807) is 7.11 Å². The number of carbonyl (C=O) groups excluding carboxylic acids is 1. The average Bonchev–Trinajstić information content (AvgIpc) is 3.07. The van der Waals surface area contributed by atoms with Crippen LogP contribution in [0.5, 0.6) is 0 Å². The summed E-state index contributed by atoms with van der Waals surface area (Å²) in [7, 11) is 1.59. The fraction of sp³-hybridized carbons (Fsp3) is 0.417. The van der Waals surface area contributed by atoms with Crippen LogP contribution in [0.2, 0.25) is 0 Å². The fourth-order valence-electron chi connectivity index (χ4n) is 1.46. The molecule has 2 aromatic heterocycles. The summed E-state index contributed by atoms with van der Waals surface area (Å²) in [4.78, 5) is 12.4. The van der Waals surface area contributed by atoms with E-state index in [4.69, 9.17) is 9.15 Å². The predicted octanol–water partition coefficient (Wildman–Crippen LogP) is 1.49. The zero-order valence-corrected chi connectivity index (χ0v) is 11.4. The van der Waals surface area contributed by atoms with Crippen LogP contribution in [0.15, 0.2) is 21.9 Å². The monoisotopic (exact) mass is 281 g/mol. The second-order valence-electron chi connectivity index (χ2n) is 3.82. The molecule has 0 fully saturated rings. The molecule has 1 amide bonds. The Morgan fingerprint density at radius 1 is 1.53 bits per heavy atom. The van der Waals surface area contributed by atoms with E-state index in [0.29, 0.717) is 37.8 Å². The van der Waals surface area contributed by atoms with Crippen molar-refractivity contribution >= 4 is 17.2 Å². The van der Waals surface area contributed by atoms with E-state index in [1.165, 1.54) is 11.3 Å². The third kappa shape index (κ3) is 4.15. The summed E-state index contributed by atoms with van der Waals surface area (Å²) in [6.45, 7) is 1.02. The molecule has 102 valence electrons. The van der Waals surface area contributed by atoms with Gasteiger partial charge in [-0.3, -0.25) is 4.79 Å². The number of hydrogen-bond donors (Lipinski definition) is 1. The van der Waals surface area contributed by atoms with Gasteiger partial charge in [-0.25, -0.2) is 0 Å². The molecule has 2 aromatic rings. The third-order valence-corrected chi connectivity index (χ3v) is 3.25. The summed E-state index contributed by atoms with van der Waals surface area (Å²) in [5, 5.41) is 12.6. The van der Waals surface area contributed by atoms with Crippen molar-refractivity contribution in [3.63, 3.8) is 0 Å². The van der Waals surface area contributed by atoms with Crippen LogP contribution in [0.1, 0.15) is 12.3 Å². The smallest absolute Gasteiger partial charge is 0.257 e. The van der Waals surface area contributed by atoms with Crippen LogP contribution in [-0.2, 0) is 16.0 Å². The Balaban J connectivity index is 1.79. The molecule has 2 heterocycles. The van der Waals surface area contributed by atoms with Gasteiger partial charge in [-0.05, 0) is 11.4 Å². The van der Waals surface area contributed by atoms with Gasteiger partial charge in [0.05, 0.1) is 11.5 Å². The maximum absolute atomic E-state index is 11.5. The van der Waals surface area contributed by atoms with Crippen molar-refractivity contribution in [2.45, 2.75) is 12.8 Å². The van der Waals surface area contributed by atoms with Gasteiger partial charge in [-0.15, -0.1) is 21.5 Å². The summed E-state index contributed by atoms with van der Waals surface area (Å²) in [6.07, 6.45) is 0.771. The van der Waals surface area contributed by atoms with Gasteiger partial charge in [0.15, 0.2) is 0 Å². The molecular formula is C12H15N3O3S. The van der Waals surface area contributed by atoms with Gasteiger partial charge >= 0.3 is 0 Å². The largest absolute Gasteiger partial charge is 0.420 e. The number of nitrogens with one attached hydrogen (secondary N) is 1. The molecule has 1 N–H and O–H groups in total. The molecule has 0 saturated heterocycles. The Bertz CT molecular complexity index is 510. The van der Waals surface area contributed by atoms with Gasteiger partial charge in [0.1, 0.15) is 0 Å². The first-order chi connectivity index (χ1) is 9.29. The van der Waals surface area contributed by atoms with Crippen LogP contribution in [0.3, 0.4) is 0 Å². The first-order valence-electron chi connectivity index (χ1n) is 5.91. The second kappa shape index (κ2) is 7.01. The van der Waals surface area contributed by atoms with Crippen molar-refractivity contribution in [2.75, 3.05) is 20.3 Å². The van der Waals surface area contributed by atoms with Gasteiger partial charge in [-0.1, -0.05) is 6.07 Å². The van der Waals surface area contributed by atoms with E-state index in [9.17, 15) is 4.79 Å². The van der Waals surface area contributed by atoms with E-state index in [-0.39, 0.29) is 5.91 Å². The summed E-state index contributed by atoms with van der Waals surface area (Å²) in [5.74, 6) is 0.933. The number of hydrogen-bond acceptors (Lipinski definition) is 6. The molecule has 0 bridgehead atoms. The van der Waals surface area contributed by atoms with E-state index in [1.807, 2.05) is 17.5 Å². The Hall–Kier alpha value is -1.73. The molecule has 0 spiro atoms. The third-order valence-electron chi connectivity index (χ3n) is 2.39. The van der Waals surface area contributed by atoms with Crippen LogP contribution >= 0.6 is 11.3 Å². The topological polar surface area (TPSA) is 77.2 Å². The number of nitrogens with zero attached hydrogens (tertiary/aromatic N) is 2. The molecule has 19 heavy (non-hydrogen) atoms. The van der Waals surface area contributed by atoms with E-state index in [2.05, 4.69) is 15.5 Å². The molecule has 2 rings (SSSR count). The minimum Gasteiger partial charge on any atom is -0.420 e. The summed E-state index contributed by atoms with van der Waals surface area (Å²) < 4.78 is 10.3. The van der Waals surface area contributed by atoms with E-state index in [0.717, 1.165) is 4.88 Å². The van der Waals surface area contributed by atoms with Crippen LogP contribution < -0.4 is 5.32 Å². The summed E-state index contributed by atoms with van der Waals surface area (Å²) in [6, 6.07) is 3.84. The van der Waals surface area contributed by atoms with Crippen molar-refractivity contribution in [1.82, 2.24) is 15.5 Å². The Morgan fingerprint density at radius 2 is 2.42 bits per heavy atom. The second-order valence-corrected chi connectivity index (χ2v) is 4.77. The number of aromatic nitrogens is 2. The molecule has 0 unspecified atom stereocenters. The molecule has 0 radical (unpaired) electrons. The zero-order valence-electron chi connectivity index (χ0n) is 10.6. The number of methoxy groups -OCH3 is 1. The van der Waals surface area contributed by atoms with Crippen molar-refractivity contribution in [2.24, 2.45) is 0 Å². The maximum atomic E-state index is 11.5. The Morgan fingerprint density at radius 3 is 3.16 bits per heavy atom. The van der Waals surface area contributed by atoms with Crippen LogP contribution in [0, 0.1) is 0 Å². The minimum atomic E-state index is -0.0482.